The molecule has 0 spiro atoms. The van der Waals surface area contributed by atoms with Gasteiger partial charge in [0.1, 0.15) is 5.69 Å². The van der Waals surface area contributed by atoms with Gasteiger partial charge < -0.3 is 19.5 Å². The number of imidazole rings is 1. The number of hydrogen-bond acceptors (Lipinski definition) is 4. The highest BCUT2D eigenvalue weighted by Crippen LogP contribution is 2.32. The minimum atomic E-state index is -0.0728. The summed E-state index contributed by atoms with van der Waals surface area (Å²) in [6.07, 6.45) is 4.26. The highest BCUT2D eigenvalue weighted by atomic mass is 16.5. The molecule has 2 unspecified atom stereocenters. The second-order valence-corrected chi connectivity index (χ2v) is 5.17. The van der Waals surface area contributed by atoms with E-state index in [-0.39, 0.29) is 23.9 Å². The smallest absolute Gasteiger partial charge is 0.272 e. The average Bonchev–Trinajstić information content (AvgIpc) is 3.12. The van der Waals surface area contributed by atoms with Gasteiger partial charge in [-0.25, -0.2) is 4.98 Å². The van der Waals surface area contributed by atoms with Crippen LogP contribution in [0.25, 0.3) is 0 Å². The van der Waals surface area contributed by atoms with Crippen molar-refractivity contribution in [2.45, 2.75) is 24.9 Å². The monoisotopic (exact) mass is 278 g/mol. The summed E-state index contributed by atoms with van der Waals surface area (Å²) in [6, 6.07) is 0.111. The number of aromatic amines is 1. The van der Waals surface area contributed by atoms with Crippen molar-refractivity contribution in [1.82, 2.24) is 19.8 Å². The van der Waals surface area contributed by atoms with Gasteiger partial charge in [-0.15, -0.1) is 0 Å². The molecule has 1 N–H and O–H groups in total. The Morgan fingerprint density at radius 2 is 2.40 bits per heavy atom. The van der Waals surface area contributed by atoms with Crippen molar-refractivity contribution < 1.29 is 14.3 Å². The molecule has 1 aromatic rings. The first-order valence-corrected chi connectivity index (χ1v) is 6.80. The van der Waals surface area contributed by atoms with E-state index in [4.69, 9.17) is 4.74 Å². The summed E-state index contributed by atoms with van der Waals surface area (Å²) in [5, 5.41) is 0. The van der Waals surface area contributed by atoms with E-state index in [0.29, 0.717) is 31.8 Å². The van der Waals surface area contributed by atoms with Gasteiger partial charge in [0.25, 0.3) is 5.91 Å². The molecular weight excluding hydrogens is 260 g/mol. The Labute approximate surface area is 116 Å². The number of nitrogens with zero attached hydrogens (tertiary/aromatic N) is 3. The van der Waals surface area contributed by atoms with Crippen LogP contribution in [0.5, 0.6) is 0 Å². The number of carbonyl (C=O) groups excluding carboxylic acids is 2. The maximum absolute atomic E-state index is 12.4. The standard InChI is InChI=1S/C13H18N4O3/c1-20-5-4-16-10-2-3-17(11(10)6-12(16)18)13(19)9-7-14-8-15-9/h7-8,10-11H,2-6H2,1H3,(H,14,15). The molecule has 7 nitrogen and oxygen atoms in total. The molecule has 0 bridgehead atoms. The van der Waals surface area contributed by atoms with Gasteiger partial charge in [-0.2, -0.15) is 0 Å². The molecule has 0 saturated carbocycles. The Morgan fingerprint density at radius 3 is 3.10 bits per heavy atom. The number of H-pyrrole nitrogens is 1. The Morgan fingerprint density at radius 1 is 1.55 bits per heavy atom. The third kappa shape index (κ3) is 2.07. The van der Waals surface area contributed by atoms with Crippen LogP contribution in [0.2, 0.25) is 0 Å². The van der Waals surface area contributed by atoms with Crippen molar-refractivity contribution in [2.75, 3.05) is 26.8 Å². The molecule has 2 aliphatic heterocycles. The quantitative estimate of drug-likeness (QED) is 0.832. The lowest BCUT2D eigenvalue weighted by molar-refractivity contribution is -0.129. The Hall–Kier alpha value is -1.89. The van der Waals surface area contributed by atoms with Crippen molar-refractivity contribution in [3.05, 3.63) is 18.2 Å². The van der Waals surface area contributed by atoms with Crippen LogP contribution in [-0.4, -0.2) is 70.5 Å². The lowest BCUT2D eigenvalue weighted by atomic mass is 10.1. The zero-order valence-electron chi connectivity index (χ0n) is 11.4. The molecule has 7 heteroatoms. The zero-order valence-corrected chi connectivity index (χ0v) is 11.4. The first-order valence-electron chi connectivity index (χ1n) is 6.80. The van der Waals surface area contributed by atoms with Gasteiger partial charge in [-0.05, 0) is 6.42 Å². The molecule has 2 aliphatic rings. The number of nitrogens with one attached hydrogen (secondary N) is 1. The van der Waals surface area contributed by atoms with Gasteiger partial charge in [-0.3, -0.25) is 9.59 Å². The van der Waals surface area contributed by atoms with E-state index in [1.807, 2.05) is 4.90 Å². The molecule has 0 aromatic carbocycles. The van der Waals surface area contributed by atoms with E-state index in [2.05, 4.69) is 9.97 Å². The van der Waals surface area contributed by atoms with Gasteiger partial charge in [0.05, 0.1) is 31.2 Å². The van der Waals surface area contributed by atoms with E-state index in [9.17, 15) is 9.59 Å². The predicted molar refractivity (Wildman–Crippen MR) is 70.0 cm³/mol. The van der Waals surface area contributed by atoms with Gasteiger partial charge in [0.2, 0.25) is 5.91 Å². The van der Waals surface area contributed by atoms with Crippen LogP contribution in [0.15, 0.2) is 12.5 Å². The number of ether oxygens (including phenoxy) is 1. The fraction of sp³-hybridized carbons (Fsp3) is 0.615. The summed E-state index contributed by atoms with van der Waals surface area (Å²) < 4.78 is 5.05. The van der Waals surface area contributed by atoms with Crippen molar-refractivity contribution >= 4 is 11.8 Å². The van der Waals surface area contributed by atoms with Crippen LogP contribution in [0.3, 0.4) is 0 Å². The largest absolute Gasteiger partial charge is 0.383 e. The molecule has 0 radical (unpaired) electrons. The fourth-order valence-electron chi connectivity index (χ4n) is 3.19. The molecule has 2 atom stereocenters. The van der Waals surface area contributed by atoms with Crippen molar-refractivity contribution in [1.29, 1.82) is 0 Å². The predicted octanol–water partition coefficient (Wildman–Crippen LogP) is -0.128. The summed E-state index contributed by atoms with van der Waals surface area (Å²) in [4.78, 5) is 34.8. The summed E-state index contributed by atoms with van der Waals surface area (Å²) in [6.45, 7) is 1.82. The number of aromatic nitrogens is 2. The molecule has 108 valence electrons. The number of carbonyl (C=O) groups is 2. The Bertz CT molecular complexity index is 502. The topological polar surface area (TPSA) is 78.5 Å². The second kappa shape index (κ2) is 5.24. The maximum Gasteiger partial charge on any atom is 0.272 e. The van der Waals surface area contributed by atoms with Crippen LogP contribution in [0.4, 0.5) is 0 Å². The number of fused-ring (bicyclic) bond motifs is 1. The average molecular weight is 278 g/mol. The molecule has 20 heavy (non-hydrogen) atoms. The third-order valence-electron chi connectivity index (χ3n) is 4.14. The highest BCUT2D eigenvalue weighted by molar-refractivity contribution is 5.93. The molecule has 2 fully saturated rings. The van der Waals surface area contributed by atoms with Crippen molar-refractivity contribution in [3.8, 4) is 0 Å². The molecule has 3 rings (SSSR count). The van der Waals surface area contributed by atoms with Crippen LogP contribution >= 0.6 is 0 Å². The van der Waals surface area contributed by atoms with Crippen molar-refractivity contribution in [3.63, 3.8) is 0 Å². The first kappa shape index (κ1) is 13.1. The van der Waals surface area contributed by atoms with E-state index in [0.717, 1.165) is 6.42 Å². The van der Waals surface area contributed by atoms with Crippen LogP contribution in [0, 0.1) is 0 Å². The Kier molecular flexibility index (Phi) is 3.43. The number of hydrogen-bond donors (Lipinski definition) is 1. The molecule has 2 saturated heterocycles. The van der Waals surface area contributed by atoms with Gasteiger partial charge in [0.15, 0.2) is 0 Å². The highest BCUT2D eigenvalue weighted by Gasteiger charge is 2.48. The normalized spacial score (nSPS) is 25.4. The second-order valence-electron chi connectivity index (χ2n) is 5.17. The minimum Gasteiger partial charge on any atom is -0.383 e. The lowest BCUT2D eigenvalue weighted by Crippen LogP contribution is -2.40. The zero-order chi connectivity index (χ0) is 14.1. The maximum atomic E-state index is 12.4. The van der Waals surface area contributed by atoms with Gasteiger partial charge >= 0.3 is 0 Å². The first-order chi connectivity index (χ1) is 9.72. The van der Waals surface area contributed by atoms with E-state index in [1.165, 1.54) is 12.5 Å². The van der Waals surface area contributed by atoms with Gasteiger partial charge in [0, 0.05) is 26.6 Å². The third-order valence-corrected chi connectivity index (χ3v) is 4.14. The Balaban J connectivity index is 1.73. The lowest BCUT2D eigenvalue weighted by Gasteiger charge is -2.24. The molecule has 0 aliphatic carbocycles. The fourth-order valence-corrected chi connectivity index (χ4v) is 3.19. The van der Waals surface area contributed by atoms with E-state index in [1.54, 1.807) is 12.0 Å². The van der Waals surface area contributed by atoms with Gasteiger partial charge in [-0.1, -0.05) is 0 Å². The summed E-state index contributed by atoms with van der Waals surface area (Å²) in [5.74, 6) is 0.0375. The summed E-state index contributed by atoms with van der Waals surface area (Å²) >= 11 is 0. The number of likely N-dealkylation sites (tertiary alicyclic amines) is 2. The molecular formula is C13H18N4O3. The van der Waals surface area contributed by atoms with Crippen molar-refractivity contribution in [2.24, 2.45) is 0 Å². The summed E-state index contributed by atoms with van der Waals surface area (Å²) in [5.41, 5.74) is 0.480. The SMILES string of the molecule is COCCN1C(=O)CC2C1CCN2C(=O)c1cnc[nH]1. The van der Waals surface area contributed by atoms with E-state index >= 15 is 0 Å². The van der Waals surface area contributed by atoms with E-state index < -0.39 is 0 Å². The van der Waals surface area contributed by atoms with Crippen LogP contribution in [0.1, 0.15) is 23.3 Å². The number of rotatable bonds is 4. The number of methoxy groups -OCH3 is 1. The molecule has 3 heterocycles. The van der Waals surface area contributed by atoms with Crippen LogP contribution in [-0.2, 0) is 9.53 Å². The molecule has 1 aromatic heterocycles. The minimum absolute atomic E-state index is 0.0184. The molecule has 2 amide bonds. The summed E-state index contributed by atoms with van der Waals surface area (Å²) in [7, 11) is 1.63. The van der Waals surface area contributed by atoms with Crippen LogP contribution < -0.4 is 0 Å². The number of amides is 2.